The van der Waals surface area contributed by atoms with Crippen molar-refractivity contribution in [3.05, 3.63) is 77.9 Å². The zero-order valence-electron chi connectivity index (χ0n) is 17.7. The summed E-state index contributed by atoms with van der Waals surface area (Å²) in [5.74, 6) is 0.675. The quantitative estimate of drug-likeness (QED) is 0.523. The summed E-state index contributed by atoms with van der Waals surface area (Å²) in [4.78, 5) is 23.2. The molecule has 1 aromatic heterocycles. The van der Waals surface area contributed by atoms with Crippen LogP contribution in [0.4, 0.5) is 21.7 Å². The number of piperidine rings is 1. The molecular formula is C24H26FN5O2. The van der Waals surface area contributed by atoms with Crippen molar-refractivity contribution in [1.29, 1.82) is 0 Å². The Kier molecular flexibility index (Phi) is 6.91. The van der Waals surface area contributed by atoms with Crippen LogP contribution < -0.4 is 15.5 Å². The van der Waals surface area contributed by atoms with E-state index in [1.165, 1.54) is 24.5 Å². The van der Waals surface area contributed by atoms with Crippen molar-refractivity contribution in [3.63, 3.8) is 0 Å². The predicted octanol–water partition coefficient (Wildman–Crippen LogP) is 3.83. The van der Waals surface area contributed by atoms with Gasteiger partial charge in [0.05, 0.1) is 12.6 Å². The lowest BCUT2D eigenvalue weighted by atomic mass is 10.0. The number of amides is 1. The van der Waals surface area contributed by atoms with Gasteiger partial charge in [-0.25, -0.2) is 14.4 Å². The minimum Gasteiger partial charge on any atom is -0.394 e. The topological polar surface area (TPSA) is 90.4 Å². The molecule has 0 aliphatic carbocycles. The van der Waals surface area contributed by atoms with Gasteiger partial charge in [-0.1, -0.05) is 18.2 Å². The maximum absolute atomic E-state index is 13.4. The summed E-state index contributed by atoms with van der Waals surface area (Å²) in [5, 5.41) is 15.8. The zero-order chi connectivity index (χ0) is 22.3. The molecule has 1 saturated heterocycles. The molecule has 2 heterocycles. The van der Waals surface area contributed by atoms with Crippen molar-refractivity contribution in [1.82, 2.24) is 9.97 Å². The molecule has 8 heteroatoms. The number of hydrogen-bond donors (Lipinski definition) is 3. The Morgan fingerprint density at radius 3 is 2.84 bits per heavy atom. The first-order valence-corrected chi connectivity index (χ1v) is 10.7. The third kappa shape index (κ3) is 5.39. The second-order valence-electron chi connectivity index (χ2n) is 7.81. The molecule has 166 valence electrons. The van der Waals surface area contributed by atoms with Gasteiger partial charge >= 0.3 is 0 Å². The molecule has 7 nitrogen and oxygen atoms in total. The van der Waals surface area contributed by atoms with Crippen LogP contribution in [0.3, 0.4) is 0 Å². The second kappa shape index (κ2) is 10.2. The molecule has 0 bridgehead atoms. The fourth-order valence-corrected chi connectivity index (χ4v) is 3.88. The van der Waals surface area contributed by atoms with Gasteiger partial charge in [-0.15, -0.1) is 0 Å². The highest BCUT2D eigenvalue weighted by atomic mass is 19.1. The van der Waals surface area contributed by atoms with Gasteiger partial charge in [0.1, 0.15) is 23.8 Å². The number of benzene rings is 2. The van der Waals surface area contributed by atoms with E-state index in [1.807, 2.05) is 24.3 Å². The fourth-order valence-electron chi connectivity index (χ4n) is 3.88. The third-order valence-electron chi connectivity index (χ3n) is 5.53. The molecular weight excluding hydrogens is 409 g/mol. The smallest absolute Gasteiger partial charge is 0.255 e. The lowest BCUT2D eigenvalue weighted by molar-refractivity contribution is 0.102. The summed E-state index contributed by atoms with van der Waals surface area (Å²) in [5.41, 5.74) is 1.84. The van der Waals surface area contributed by atoms with Gasteiger partial charge in [-0.3, -0.25) is 4.79 Å². The number of aromatic nitrogens is 2. The molecule has 0 radical (unpaired) electrons. The van der Waals surface area contributed by atoms with Gasteiger partial charge in [0.2, 0.25) is 0 Å². The van der Waals surface area contributed by atoms with Crippen LogP contribution in [0, 0.1) is 5.82 Å². The first-order chi connectivity index (χ1) is 15.6. The van der Waals surface area contributed by atoms with Gasteiger partial charge in [-0.05, 0) is 55.2 Å². The molecule has 1 fully saturated rings. The van der Waals surface area contributed by atoms with Crippen molar-refractivity contribution in [2.24, 2.45) is 0 Å². The van der Waals surface area contributed by atoms with Gasteiger partial charge < -0.3 is 20.6 Å². The predicted molar refractivity (Wildman–Crippen MR) is 122 cm³/mol. The van der Waals surface area contributed by atoms with Crippen LogP contribution in [0.15, 0.2) is 60.9 Å². The number of carbonyl (C=O) groups is 1. The first kappa shape index (κ1) is 21.7. The van der Waals surface area contributed by atoms with E-state index in [2.05, 4.69) is 25.5 Å². The van der Waals surface area contributed by atoms with Crippen molar-refractivity contribution in [3.8, 4) is 0 Å². The summed E-state index contributed by atoms with van der Waals surface area (Å²) in [6.07, 6.45) is 4.68. The monoisotopic (exact) mass is 435 g/mol. The lowest BCUT2D eigenvalue weighted by Gasteiger charge is -2.35. The summed E-state index contributed by atoms with van der Waals surface area (Å²) in [6, 6.07) is 15.0. The Bertz CT molecular complexity index is 1080. The van der Waals surface area contributed by atoms with E-state index in [-0.39, 0.29) is 24.1 Å². The van der Waals surface area contributed by atoms with Gasteiger partial charge in [-0.2, -0.15) is 0 Å². The van der Waals surface area contributed by atoms with E-state index in [0.717, 1.165) is 37.2 Å². The van der Waals surface area contributed by atoms with Crippen molar-refractivity contribution >= 4 is 23.2 Å². The molecule has 2 aromatic carbocycles. The number of aliphatic hydroxyl groups is 1. The molecule has 32 heavy (non-hydrogen) atoms. The highest BCUT2D eigenvalue weighted by molar-refractivity contribution is 6.04. The summed E-state index contributed by atoms with van der Waals surface area (Å²) in [7, 11) is 0. The zero-order valence-corrected chi connectivity index (χ0v) is 17.7. The first-order valence-electron chi connectivity index (χ1n) is 10.7. The number of nitrogens with one attached hydrogen (secondary N) is 2. The Morgan fingerprint density at radius 1 is 1.12 bits per heavy atom. The second-order valence-corrected chi connectivity index (χ2v) is 7.81. The lowest BCUT2D eigenvalue weighted by Crippen LogP contribution is -2.42. The van der Waals surface area contributed by atoms with Crippen molar-refractivity contribution in [2.75, 3.05) is 28.7 Å². The van der Waals surface area contributed by atoms with E-state index < -0.39 is 5.82 Å². The third-order valence-corrected chi connectivity index (χ3v) is 5.53. The van der Waals surface area contributed by atoms with Gasteiger partial charge in [0.25, 0.3) is 5.91 Å². The maximum atomic E-state index is 13.4. The average Bonchev–Trinajstić information content (AvgIpc) is 2.83. The number of carbonyl (C=O) groups excluding carboxylic acids is 1. The number of hydrogen-bond acceptors (Lipinski definition) is 6. The summed E-state index contributed by atoms with van der Waals surface area (Å²) in [6.45, 7) is 1.49. The molecule has 3 N–H and O–H groups in total. The Hall–Kier alpha value is -3.52. The van der Waals surface area contributed by atoms with Crippen LogP contribution in [0.25, 0.3) is 0 Å². The van der Waals surface area contributed by atoms with Crippen LogP contribution in [0.1, 0.15) is 35.2 Å². The molecule has 1 amide bonds. The molecule has 1 unspecified atom stereocenters. The van der Waals surface area contributed by atoms with E-state index in [1.54, 1.807) is 12.1 Å². The van der Waals surface area contributed by atoms with Crippen LogP contribution in [0.5, 0.6) is 0 Å². The standard InChI is InChI=1S/C24H26FN5O2/c25-19-7-4-6-18(12-19)24(32)29-20-8-3-5-17(11-20)14-26-22-13-23(28-16-27-22)30-10-2-1-9-21(30)15-31/h3-8,11-13,16,21,31H,1-2,9-10,14-15H2,(H,29,32)(H,26,27,28). The van der Waals surface area contributed by atoms with E-state index in [9.17, 15) is 14.3 Å². The Balaban J connectivity index is 1.40. The summed E-state index contributed by atoms with van der Waals surface area (Å²) >= 11 is 0. The fraction of sp³-hybridized carbons (Fsp3) is 0.292. The molecule has 0 saturated carbocycles. The van der Waals surface area contributed by atoms with Crippen LogP contribution in [-0.4, -0.2) is 40.2 Å². The normalized spacial score (nSPS) is 15.9. The molecule has 1 atom stereocenters. The summed E-state index contributed by atoms with van der Waals surface area (Å²) < 4.78 is 13.4. The van der Waals surface area contributed by atoms with E-state index >= 15 is 0 Å². The highest BCUT2D eigenvalue weighted by Crippen LogP contribution is 2.24. The number of aliphatic hydroxyl groups excluding tert-OH is 1. The number of nitrogens with zero attached hydrogens (tertiary/aromatic N) is 3. The number of rotatable bonds is 7. The molecule has 4 rings (SSSR count). The molecule has 1 aliphatic heterocycles. The molecule has 0 spiro atoms. The van der Waals surface area contributed by atoms with Gasteiger partial charge in [0, 0.05) is 30.4 Å². The number of anilines is 3. The van der Waals surface area contributed by atoms with Crippen LogP contribution in [0.2, 0.25) is 0 Å². The maximum Gasteiger partial charge on any atom is 0.255 e. The largest absolute Gasteiger partial charge is 0.394 e. The molecule has 1 aliphatic rings. The number of halogens is 1. The van der Waals surface area contributed by atoms with Gasteiger partial charge in [0.15, 0.2) is 0 Å². The minimum atomic E-state index is -0.449. The molecule has 3 aromatic rings. The highest BCUT2D eigenvalue weighted by Gasteiger charge is 2.23. The van der Waals surface area contributed by atoms with Crippen molar-refractivity contribution in [2.45, 2.75) is 31.8 Å². The van der Waals surface area contributed by atoms with Crippen LogP contribution in [-0.2, 0) is 6.54 Å². The Morgan fingerprint density at radius 2 is 2.00 bits per heavy atom. The Labute approximate surface area is 186 Å². The van der Waals surface area contributed by atoms with Crippen LogP contribution >= 0.6 is 0 Å². The van der Waals surface area contributed by atoms with E-state index in [4.69, 9.17) is 0 Å². The average molecular weight is 436 g/mol. The van der Waals surface area contributed by atoms with E-state index in [0.29, 0.717) is 18.1 Å². The SMILES string of the molecule is O=C(Nc1cccc(CNc2cc(N3CCCCC3CO)ncn2)c1)c1cccc(F)c1. The van der Waals surface area contributed by atoms with Crippen molar-refractivity contribution < 1.29 is 14.3 Å². The minimum absolute atomic E-state index is 0.0879.